The SMILES string of the molecule is Cc1cccc2c(C3=C(c4nc(N5CCN(C(=O)OC(C)(C)C)C6(CC6)C5)cc5ccccc45)C(=O)NC3=O)c[nH]c12. The fraction of sp³-hybridized carbons (Fsp3) is 0.333. The van der Waals surface area contributed by atoms with Gasteiger partial charge in [-0.3, -0.25) is 19.8 Å². The molecule has 4 aromatic rings. The molecule has 2 aliphatic heterocycles. The summed E-state index contributed by atoms with van der Waals surface area (Å²) in [5, 5.41) is 5.12. The Morgan fingerprint density at radius 3 is 2.48 bits per heavy atom. The zero-order valence-corrected chi connectivity index (χ0v) is 24.2. The molecule has 2 aromatic carbocycles. The van der Waals surface area contributed by atoms with Crippen LogP contribution < -0.4 is 10.2 Å². The molecule has 2 fully saturated rings. The number of aromatic nitrogens is 2. The van der Waals surface area contributed by atoms with Crippen LogP contribution >= 0.6 is 0 Å². The molecule has 3 amide bonds. The van der Waals surface area contributed by atoms with Gasteiger partial charge in [0.25, 0.3) is 11.8 Å². The number of imide groups is 1. The van der Waals surface area contributed by atoms with Crippen LogP contribution in [0.4, 0.5) is 10.6 Å². The van der Waals surface area contributed by atoms with E-state index in [0.29, 0.717) is 42.3 Å². The number of anilines is 1. The molecular formula is C33H33N5O4. The molecule has 1 saturated heterocycles. The van der Waals surface area contributed by atoms with E-state index in [1.54, 1.807) is 6.20 Å². The van der Waals surface area contributed by atoms with E-state index in [1.165, 1.54) is 0 Å². The zero-order valence-electron chi connectivity index (χ0n) is 24.2. The number of carbonyl (C=O) groups is 3. The monoisotopic (exact) mass is 563 g/mol. The standard InChI is InChI=1S/C33H33N5O4/c1-19-8-7-11-22-23(17-34-27(19)22)25-26(30(40)36-29(25)39)28-21-10-6-5-9-20(21)16-24(35-28)37-14-15-38(33(18-37)12-13-33)31(41)42-32(2,3)4/h5-11,16-17,34H,12-15,18H2,1-4H3,(H,36,39,40). The Kier molecular flexibility index (Phi) is 5.73. The van der Waals surface area contributed by atoms with Gasteiger partial charge in [0.05, 0.1) is 22.4 Å². The lowest BCUT2D eigenvalue weighted by molar-refractivity contribution is -0.122. The Bertz CT molecular complexity index is 1840. The molecule has 1 aliphatic carbocycles. The van der Waals surface area contributed by atoms with Crippen LogP contribution in [0, 0.1) is 6.92 Å². The second-order valence-corrected chi connectivity index (χ2v) is 12.6. The van der Waals surface area contributed by atoms with Gasteiger partial charge in [-0.2, -0.15) is 0 Å². The molecule has 0 bridgehead atoms. The van der Waals surface area contributed by atoms with Gasteiger partial charge in [-0.05, 0) is 57.6 Å². The fourth-order valence-electron chi connectivity index (χ4n) is 6.34. The van der Waals surface area contributed by atoms with Crippen molar-refractivity contribution in [2.45, 2.75) is 51.7 Å². The normalized spacial score (nSPS) is 18.4. The van der Waals surface area contributed by atoms with Crippen molar-refractivity contribution in [2.24, 2.45) is 0 Å². The summed E-state index contributed by atoms with van der Waals surface area (Å²) in [4.78, 5) is 52.2. The predicted molar refractivity (Wildman–Crippen MR) is 162 cm³/mol. The van der Waals surface area contributed by atoms with E-state index in [1.807, 2.05) is 81.1 Å². The minimum atomic E-state index is -0.562. The number of amides is 3. The maximum atomic E-state index is 13.5. The van der Waals surface area contributed by atoms with Crippen LogP contribution in [0.15, 0.2) is 54.7 Å². The second kappa shape index (κ2) is 9.17. The summed E-state index contributed by atoms with van der Waals surface area (Å²) in [5.41, 5.74) is 2.86. The van der Waals surface area contributed by atoms with Gasteiger partial charge in [0.1, 0.15) is 11.4 Å². The van der Waals surface area contributed by atoms with Crippen LogP contribution in [0.5, 0.6) is 0 Å². The molecule has 9 nitrogen and oxygen atoms in total. The molecule has 0 atom stereocenters. The van der Waals surface area contributed by atoms with Crippen LogP contribution in [0.25, 0.3) is 32.8 Å². The first-order valence-corrected chi connectivity index (χ1v) is 14.4. The third-order valence-electron chi connectivity index (χ3n) is 8.50. The summed E-state index contributed by atoms with van der Waals surface area (Å²) in [7, 11) is 0. The largest absolute Gasteiger partial charge is 0.444 e. The average molecular weight is 564 g/mol. The number of piperazine rings is 1. The number of nitrogens with zero attached hydrogens (tertiary/aromatic N) is 3. The first-order valence-electron chi connectivity index (χ1n) is 14.4. The number of fused-ring (bicyclic) bond motifs is 2. The van der Waals surface area contributed by atoms with Crippen molar-refractivity contribution in [1.82, 2.24) is 20.2 Å². The third kappa shape index (κ3) is 4.22. The van der Waals surface area contributed by atoms with Crippen LogP contribution in [0.1, 0.15) is 50.4 Å². The van der Waals surface area contributed by atoms with E-state index in [-0.39, 0.29) is 17.2 Å². The molecule has 3 aliphatic rings. The smallest absolute Gasteiger partial charge is 0.410 e. The van der Waals surface area contributed by atoms with E-state index in [4.69, 9.17) is 9.72 Å². The summed E-state index contributed by atoms with van der Waals surface area (Å²) in [6, 6.07) is 15.7. The van der Waals surface area contributed by atoms with Crippen LogP contribution in [0.3, 0.4) is 0 Å². The highest BCUT2D eigenvalue weighted by Gasteiger charge is 2.54. The summed E-state index contributed by atoms with van der Waals surface area (Å²) in [6.45, 7) is 9.36. The van der Waals surface area contributed by atoms with Crippen LogP contribution in [0.2, 0.25) is 0 Å². The minimum absolute atomic E-state index is 0.272. The number of hydrogen-bond donors (Lipinski definition) is 2. The average Bonchev–Trinajstić information content (AvgIpc) is 3.44. The minimum Gasteiger partial charge on any atom is -0.444 e. The lowest BCUT2D eigenvalue weighted by atomic mass is 9.95. The van der Waals surface area contributed by atoms with Gasteiger partial charge in [-0.25, -0.2) is 9.78 Å². The highest BCUT2D eigenvalue weighted by atomic mass is 16.6. The first-order chi connectivity index (χ1) is 20.0. The highest BCUT2D eigenvalue weighted by molar-refractivity contribution is 6.50. The Balaban J connectivity index is 1.33. The molecule has 7 rings (SSSR count). The van der Waals surface area contributed by atoms with Crippen molar-refractivity contribution in [3.63, 3.8) is 0 Å². The molecule has 1 spiro atoms. The molecule has 0 unspecified atom stereocenters. The number of ether oxygens (including phenoxy) is 1. The second-order valence-electron chi connectivity index (χ2n) is 12.6. The number of hydrogen-bond acceptors (Lipinski definition) is 6. The quantitative estimate of drug-likeness (QED) is 0.333. The number of aromatic amines is 1. The van der Waals surface area contributed by atoms with E-state index in [0.717, 1.165) is 40.1 Å². The summed E-state index contributed by atoms with van der Waals surface area (Å²) in [6.07, 6.45) is 3.31. The van der Waals surface area contributed by atoms with Gasteiger partial charge in [0.2, 0.25) is 0 Å². The van der Waals surface area contributed by atoms with Gasteiger partial charge in [-0.15, -0.1) is 0 Å². The number of benzene rings is 2. The molecule has 1 saturated carbocycles. The van der Waals surface area contributed by atoms with Crippen molar-refractivity contribution in [3.05, 3.63) is 71.5 Å². The number of nitrogens with one attached hydrogen (secondary N) is 2. The lowest BCUT2D eigenvalue weighted by Crippen LogP contribution is -2.58. The Hall–Kier alpha value is -4.66. The predicted octanol–water partition coefficient (Wildman–Crippen LogP) is 5.18. The lowest BCUT2D eigenvalue weighted by Gasteiger charge is -2.43. The molecule has 2 aromatic heterocycles. The fourth-order valence-corrected chi connectivity index (χ4v) is 6.34. The van der Waals surface area contributed by atoms with E-state index >= 15 is 0 Å². The van der Waals surface area contributed by atoms with Crippen molar-refractivity contribution >= 4 is 56.5 Å². The molecule has 9 heteroatoms. The Morgan fingerprint density at radius 2 is 1.71 bits per heavy atom. The molecular weight excluding hydrogens is 530 g/mol. The van der Waals surface area contributed by atoms with Crippen molar-refractivity contribution in [3.8, 4) is 0 Å². The topological polar surface area (TPSA) is 108 Å². The van der Waals surface area contributed by atoms with Crippen molar-refractivity contribution in [2.75, 3.05) is 24.5 Å². The third-order valence-corrected chi connectivity index (χ3v) is 8.50. The molecule has 4 heterocycles. The number of H-pyrrole nitrogens is 1. The summed E-state index contributed by atoms with van der Waals surface area (Å²) in [5.74, 6) is -0.176. The van der Waals surface area contributed by atoms with Gasteiger partial charge in [0.15, 0.2) is 0 Å². The van der Waals surface area contributed by atoms with Gasteiger partial charge in [-0.1, -0.05) is 42.5 Å². The Labute approximate surface area is 243 Å². The molecule has 42 heavy (non-hydrogen) atoms. The zero-order chi connectivity index (χ0) is 29.4. The first kappa shape index (κ1) is 26.3. The Morgan fingerprint density at radius 1 is 0.976 bits per heavy atom. The number of rotatable bonds is 3. The van der Waals surface area contributed by atoms with E-state index in [2.05, 4.69) is 15.2 Å². The number of para-hydroxylation sites is 1. The van der Waals surface area contributed by atoms with Gasteiger partial charge >= 0.3 is 6.09 Å². The van der Waals surface area contributed by atoms with Crippen molar-refractivity contribution < 1.29 is 19.1 Å². The molecule has 214 valence electrons. The molecule has 2 N–H and O–H groups in total. The van der Waals surface area contributed by atoms with Crippen LogP contribution in [-0.4, -0.2) is 63.5 Å². The number of carbonyl (C=O) groups excluding carboxylic acids is 3. The maximum Gasteiger partial charge on any atom is 0.410 e. The molecule has 0 radical (unpaired) electrons. The highest BCUT2D eigenvalue weighted by Crippen LogP contribution is 2.46. The number of aryl methyl sites for hydroxylation is 1. The maximum absolute atomic E-state index is 13.5. The van der Waals surface area contributed by atoms with Gasteiger partial charge < -0.3 is 14.6 Å². The van der Waals surface area contributed by atoms with Gasteiger partial charge in [0, 0.05) is 47.7 Å². The van der Waals surface area contributed by atoms with E-state index < -0.39 is 17.4 Å². The van der Waals surface area contributed by atoms with Crippen LogP contribution in [-0.2, 0) is 14.3 Å². The van der Waals surface area contributed by atoms with Crippen molar-refractivity contribution in [1.29, 1.82) is 0 Å². The van der Waals surface area contributed by atoms with E-state index in [9.17, 15) is 14.4 Å². The summed E-state index contributed by atoms with van der Waals surface area (Å²) >= 11 is 0. The summed E-state index contributed by atoms with van der Waals surface area (Å²) < 4.78 is 5.71. The number of pyridine rings is 1.